The number of hydrogen-bond donors (Lipinski definition) is 1. The quantitative estimate of drug-likeness (QED) is 0.754. The third kappa shape index (κ3) is 3.46. The number of rotatable bonds is 5. The molecule has 15 heavy (non-hydrogen) atoms. The Morgan fingerprint density at radius 2 is 1.73 bits per heavy atom. The Balaban J connectivity index is 1.54. The van der Waals surface area contributed by atoms with E-state index in [2.05, 4.69) is 4.90 Å². The molecule has 0 radical (unpaired) electrons. The van der Waals surface area contributed by atoms with Gasteiger partial charge in [0.15, 0.2) is 0 Å². The molecule has 0 atom stereocenters. The Hall–Kier alpha value is -0.0800. The first kappa shape index (κ1) is 11.4. The highest BCUT2D eigenvalue weighted by Gasteiger charge is 2.28. The van der Waals surface area contributed by atoms with Gasteiger partial charge >= 0.3 is 0 Å². The molecule has 0 amide bonds. The van der Waals surface area contributed by atoms with Crippen molar-refractivity contribution in [2.24, 2.45) is 17.6 Å². The van der Waals surface area contributed by atoms with Crippen LogP contribution in [0.1, 0.15) is 44.9 Å². The molecule has 2 rings (SSSR count). The standard InChI is InChI=1S/C13H26N2/c14-8-4-7-13-10-15(11-13)9-12-5-2-1-3-6-12/h12-13H,1-11,14H2. The Morgan fingerprint density at radius 1 is 1.00 bits per heavy atom. The zero-order chi connectivity index (χ0) is 10.5. The molecule has 1 heterocycles. The zero-order valence-electron chi connectivity index (χ0n) is 9.96. The van der Waals surface area contributed by atoms with Crippen LogP contribution in [0.2, 0.25) is 0 Å². The minimum Gasteiger partial charge on any atom is -0.330 e. The maximum absolute atomic E-state index is 5.53. The molecule has 1 aliphatic heterocycles. The van der Waals surface area contributed by atoms with Gasteiger partial charge in [0, 0.05) is 19.6 Å². The third-order valence-corrected chi connectivity index (χ3v) is 4.09. The fourth-order valence-electron chi connectivity index (χ4n) is 3.15. The average molecular weight is 210 g/mol. The lowest BCUT2D eigenvalue weighted by molar-refractivity contribution is 0.0675. The number of likely N-dealkylation sites (tertiary alicyclic amines) is 1. The molecule has 2 fully saturated rings. The molecule has 0 aromatic heterocycles. The van der Waals surface area contributed by atoms with E-state index in [0.717, 1.165) is 18.4 Å². The second-order valence-electron chi connectivity index (χ2n) is 5.52. The number of nitrogens with zero attached hydrogens (tertiary/aromatic N) is 1. The molecule has 0 aromatic carbocycles. The SMILES string of the molecule is NCCCC1CN(CC2CCCCC2)C1. The molecule has 1 saturated carbocycles. The predicted molar refractivity (Wildman–Crippen MR) is 64.8 cm³/mol. The van der Waals surface area contributed by atoms with Crippen LogP contribution in [0, 0.1) is 11.8 Å². The highest BCUT2D eigenvalue weighted by Crippen LogP contribution is 2.28. The summed E-state index contributed by atoms with van der Waals surface area (Å²) in [4.78, 5) is 2.66. The van der Waals surface area contributed by atoms with Gasteiger partial charge in [-0.05, 0) is 44.1 Å². The van der Waals surface area contributed by atoms with Crippen molar-refractivity contribution >= 4 is 0 Å². The van der Waals surface area contributed by atoms with E-state index in [1.807, 2.05) is 0 Å². The first-order valence-corrected chi connectivity index (χ1v) is 6.81. The molecule has 1 saturated heterocycles. The lowest BCUT2D eigenvalue weighted by Gasteiger charge is -2.42. The summed E-state index contributed by atoms with van der Waals surface area (Å²) >= 11 is 0. The monoisotopic (exact) mass is 210 g/mol. The predicted octanol–water partition coefficient (Wildman–Crippen LogP) is 2.24. The van der Waals surface area contributed by atoms with Crippen molar-refractivity contribution in [2.45, 2.75) is 44.9 Å². The van der Waals surface area contributed by atoms with Crippen molar-refractivity contribution in [2.75, 3.05) is 26.2 Å². The van der Waals surface area contributed by atoms with E-state index >= 15 is 0 Å². The van der Waals surface area contributed by atoms with Crippen molar-refractivity contribution in [3.8, 4) is 0 Å². The summed E-state index contributed by atoms with van der Waals surface area (Å²) in [7, 11) is 0. The third-order valence-electron chi connectivity index (χ3n) is 4.09. The second-order valence-corrected chi connectivity index (χ2v) is 5.52. The summed E-state index contributed by atoms with van der Waals surface area (Å²) in [6, 6.07) is 0. The maximum Gasteiger partial charge on any atom is 0.00221 e. The summed E-state index contributed by atoms with van der Waals surface area (Å²) in [5.74, 6) is 1.99. The van der Waals surface area contributed by atoms with Gasteiger partial charge in [0.05, 0.1) is 0 Å². The van der Waals surface area contributed by atoms with Gasteiger partial charge in [0.1, 0.15) is 0 Å². The van der Waals surface area contributed by atoms with Gasteiger partial charge in [0.2, 0.25) is 0 Å². The first-order chi connectivity index (χ1) is 7.38. The van der Waals surface area contributed by atoms with Crippen LogP contribution < -0.4 is 5.73 Å². The van der Waals surface area contributed by atoms with Gasteiger partial charge in [-0.3, -0.25) is 0 Å². The summed E-state index contributed by atoms with van der Waals surface area (Å²) < 4.78 is 0. The van der Waals surface area contributed by atoms with Crippen LogP contribution in [-0.4, -0.2) is 31.1 Å². The van der Waals surface area contributed by atoms with E-state index in [9.17, 15) is 0 Å². The maximum atomic E-state index is 5.53. The molecule has 2 nitrogen and oxygen atoms in total. The molecule has 0 bridgehead atoms. The second kappa shape index (κ2) is 5.86. The molecule has 2 aliphatic rings. The van der Waals surface area contributed by atoms with Crippen LogP contribution >= 0.6 is 0 Å². The first-order valence-electron chi connectivity index (χ1n) is 6.81. The van der Waals surface area contributed by atoms with Crippen LogP contribution in [0.5, 0.6) is 0 Å². The molecular formula is C13H26N2. The molecule has 88 valence electrons. The van der Waals surface area contributed by atoms with Gasteiger partial charge in [-0.25, -0.2) is 0 Å². The van der Waals surface area contributed by atoms with Crippen LogP contribution in [0.25, 0.3) is 0 Å². The van der Waals surface area contributed by atoms with E-state index in [1.165, 1.54) is 64.6 Å². The highest BCUT2D eigenvalue weighted by atomic mass is 15.2. The lowest BCUT2D eigenvalue weighted by atomic mass is 9.86. The van der Waals surface area contributed by atoms with Gasteiger partial charge in [-0.2, -0.15) is 0 Å². The van der Waals surface area contributed by atoms with Crippen LogP contribution in [0.15, 0.2) is 0 Å². The number of hydrogen-bond acceptors (Lipinski definition) is 2. The Kier molecular flexibility index (Phi) is 4.45. The molecule has 0 aromatic rings. The van der Waals surface area contributed by atoms with E-state index in [1.54, 1.807) is 0 Å². The Morgan fingerprint density at radius 3 is 2.40 bits per heavy atom. The molecule has 0 spiro atoms. The fraction of sp³-hybridized carbons (Fsp3) is 1.00. The van der Waals surface area contributed by atoms with Crippen molar-refractivity contribution in [1.82, 2.24) is 4.90 Å². The van der Waals surface area contributed by atoms with Crippen molar-refractivity contribution in [1.29, 1.82) is 0 Å². The van der Waals surface area contributed by atoms with Crippen molar-refractivity contribution in [3.63, 3.8) is 0 Å². The van der Waals surface area contributed by atoms with Gasteiger partial charge in [-0.1, -0.05) is 19.3 Å². The Labute approximate surface area is 94.2 Å². The highest BCUT2D eigenvalue weighted by molar-refractivity contribution is 4.82. The topological polar surface area (TPSA) is 29.3 Å². The Bertz CT molecular complexity index is 169. The average Bonchev–Trinajstić information content (AvgIpc) is 2.23. The molecule has 1 aliphatic carbocycles. The summed E-state index contributed by atoms with van der Waals surface area (Å²) in [5, 5.41) is 0. The van der Waals surface area contributed by atoms with Gasteiger partial charge < -0.3 is 10.6 Å². The lowest BCUT2D eigenvalue weighted by Crippen LogP contribution is -2.48. The minimum absolute atomic E-state index is 0.874. The van der Waals surface area contributed by atoms with E-state index in [4.69, 9.17) is 5.73 Å². The van der Waals surface area contributed by atoms with E-state index in [0.29, 0.717) is 0 Å². The zero-order valence-corrected chi connectivity index (χ0v) is 9.96. The number of nitrogens with two attached hydrogens (primary N) is 1. The molecular weight excluding hydrogens is 184 g/mol. The van der Waals surface area contributed by atoms with Crippen molar-refractivity contribution in [3.05, 3.63) is 0 Å². The summed E-state index contributed by atoms with van der Waals surface area (Å²) in [6.45, 7) is 4.98. The van der Waals surface area contributed by atoms with E-state index in [-0.39, 0.29) is 0 Å². The summed E-state index contributed by atoms with van der Waals surface area (Å²) in [5.41, 5.74) is 5.53. The van der Waals surface area contributed by atoms with Crippen LogP contribution in [-0.2, 0) is 0 Å². The smallest absolute Gasteiger partial charge is 0.00221 e. The molecule has 0 unspecified atom stereocenters. The van der Waals surface area contributed by atoms with Crippen molar-refractivity contribution < 1.29 is 0 Å². The fourth-order valence-corrected chi connectivity index (χ4v) is 3.15. The minimum atomic E-state index is 0.874. The normalized spacial score (nSPS) is 25.4. The molecule has 2 heteroatoms. The largest absolute Gasteiger partial charge is 0.330 e. The summed E-state index contributed by atoms with van der Waals surface area (Å²) in [6.07, 6.45) is 10.0. The van der Waals surface area contributed by atoms with Crippen LogP contribution in [0.3, 0.4) is 0 Å². The molecule has 2 N–H and O–H groups in total. The van der Waals surface area contributed by atoms with Crippen LogP contribution in [0.4, 0.5) is 0 Å². The van der Waals surface area contributed by atoms with E-state index < -0.39 is 0 Å². The van der Waals surface area contributed by atoms with Gasteiger partial charge in [0.25, 0.3) is 0 Å². The van der Waals surface area contributed by atoms with Gasteiger partial charge in [-0.15, -0.1) is 0 Å².